The number of nitrogens with zero attached hydrogens (tertiary/aromatic N) is 5. The molecule has 0 bridgehead atoms. The number of likely N-dealkylation sites (tertiary alicyclic amines) is 1. The van der Waals surface area contributed by atoms with Gasteiger partial charge < -0.3 is 10.2 Å². The summed E-state index contributed by atoms with van der Waals surface area (Å²) >= 11 is 0. The van der Waals surface area contributed by atoms with Gasteiger partial charge in [0.2, 0.25) is 5.95 Å². The van der Waals surface area contributed by atoms with Crippen LogP contribution in [0.15, 0.2) is 55.1 Å². The van der Waals surface area contributed by atoms with E-state index in [2.05, 4.69) is 34.1 Å². The van der Waals surface area contributed by atoms with Crippen LogP contribution in [0.1, 0.15) is 48.7 Å². The Morgan fingerprint density at radius 2 is 1.83 bits per heavy atom. The molecule has 154 valence electrons. The number of anilines is 1. The molecule has 0 radical (unpaired) electrons. The van der Waals surface area contributed by atoms with Gasteiger partial charge in [-0.1, -0.05) is 6.07 Å². The largest absolute Gasteiger partial charge is 0.352 e. The van der Waals surface area contributed by atoms with Crippen molar-refractivity contribution in [1.29, 1.82) is 0 Å². The molecule has 0 aromatic carbocycles. The summed E-state index contributed by atoms with van der Waals surface area (Å²) in [5.41, 5.74) is 3.52. The maximum atomic E-state index is 12.8. The van der Waals surface area contributed by atoms with Gasteiger partial charge in [-0.15, -0.1) is 0 Å². The van der Waals surface area contributed by atoms with Crippen molar-refractivity contribution in [3.05, 3.63) is 66.4 Å². The summed E-state index contributed by atoms with van der Waals surface area (Å²) in [6.07, 6.45) is 8.68. The Hall–Kier alpha value is -3.35. The third kappa shape index (κ3) is 4.45. The zero-order valence-corrected chi connectivity index (χ0v) is 17.3. The first kappa shape index (κ1) is 19.9. The molecule has 0 atom stereocenters. The number of pyridine rings is 2. The molecule has 0 spiro atoms. The molecule has 7 nitrogen and oxygen atoms in total. The highest BCUT2D eigenvalue weighted by molar-refractivity contribution is 5.94. The van der Waals surface area contributed by atoms with Crippen molar-refractivity contribution in [2.45, 2.75) is 38.6 Å². The normalized spacial score (nSPS) is 14.7. The number of hydrogen-bond donors (Lipinski definition) is 1. The second kappa shape index (κ2) is 8.98. The first-order valence-corrected chi connectivity index (χ1v) is 10.4. The summed E-state index contributed by atoms with van der Waals surface area (Å²) < 4.78 is 0. The minimum atomic E-state index is 0.0608. The topological polar surface area (TPSA) is 83.9 Å². The van der Waals surface area contributed by atoms with Gasteiger partial charge in [0.05, 0.1) is 11.4 Å². The number of hydrogen-bond acceptors (Lipinski definition) is 6. The van der Waals surface area contributed by atoms with Crippen molar-refractivity contribution < 1.29 is 4.79 Å². The van der Waals surface area contributed by atoms with Crippen LogP contribution in [0.3, 0.4) is 0 Å². The molecular weight excluding hydrogens is 376 g/mol. The van der Waals surface area contributed by atoms with Gasteiger partial charge >= 0.3 is 0 Å². The molecule has 1 aliphatic heterocycles. The first-order chi connectivity index (χ1) is 14.6. The predicted octanol–water partition coefficient (Wildman–Crippen LogP) is 3.77. The summed E-state index contributed by atoms with van der Waals surface area (Å²) in [5.74, 6) is 0.944. The first-order valence-electron chi connectivity index (χ1n) is 10.4. The van der Waals surface area contributed by atoms with Gasteiger partial charge in [-0.25, -0.2) is 9.97 Å². The highest BCUT2D eigenvalue weighted by Crippen LogP contribution is 2.34. The van der Waals surface area contributed by atoms with Gasteiger partial charge in [0.15, 0.2) is 0 Å². The molecule has 7 heteroatoms. The molecule has 1 aliphatic rings. The van der Waals surface area contributed by atoms with Crippen molar-refractivity contribution >= 4 is 11.9 Å². The van der Waals surface area contributed by atoms with Crippen molar-refractivity contribution in [1.82, 2.24) is 24.8 Å². The Kier molecular flexibility index (Phi) is 5.97. The standard InChI is InChI=1S/C23H26N6O/c1-16(2)27-23-26-15-19(20-5-3-4-10-25-20)21(28-23)17-8-13-29(14-9-17)22(30)18-6-11-24-12-7-18/h3-7,10-12,15-17H,8-9,13-14H2,1-2H3,(H,26,27,28). The Bertz CT molecular complexity index is 985. The van der Waals surface area contributed by atoms with E-state index in [0.717, 1.165) is 29.8 Å². The SMILES string of the molecule is CC(C)Nc1ncc(-c2ccccn2)c(C2CCN(C(=O)c3ccncc3)CC2)n1. The van der Waals surface area contributed by atoms with Gasteiger partial charge in [-0.3, -0.25) is 14.8 Å². The maximum absolute atomic E-state index is 12.8. The van der Waals surface area contributed by atoms with E-state index in [1.54, 1.807) is 30.7 Å². The van der Waals surface area contributed by atoms with E-state index >= 15 is 0 Å². The van der Waals surface area contributed by atoms with Gasteiger partial charge in [0.25, 0.3) is 5.91 Å². The zero-order chi connectivity index (χ0) is 20.9. The molecule has 3 aromatic heterocycles. The van der Waals surface area contributed by atoms with Crippen molar-refractivity contribution in [2.75, 3.05) is 18.4 Å². The smallest absolute Gasteiger partial charge is 0.253 e. The molecule has 1 fully saturated rings. The van der Waals surface area contributed by atoms with Gasteiger partial charge in [0.1, 0.15) is 0 Å². The molecule has 3 aromatic rings. The quantitative estimate of drug-likeness (QED) is 0.699. The minimum Gasteiger partial charge on any atom is -0.352 e. The van der Waals surface area contributed by atoms with E-state index in [1.807, 2.05) is 29.3 Å². The fraction of sp³-hybridized carbons (Fsp3) is 0.348. The van der Waals surface area contributed by atoms with E-state index in [-0.39, 0.29) is 17.9 Å². The van der Waals surface area contributed by atoms with Crippen LogP contribution in [0, 0.1) is 0 Å². The van der Waals surface area contributed by atoms with E-state index < -0.39 is 0 Å². The zero-order valence-electron chi connectivity index (χ0n) is 17.3. The molecular formula is C23H26N6O. The lowest BCUT2D eigenvalue weighted by Crippen LogP contribution is -2.38. The number of carbonyl (C=O) groups is 1. The monoisotopic (exact) mass is 402 g/mol. The van der Waals surface area contributed by atoms with Gasteiger partial charge in [-0.05, 0) is 51.0 Å². The summed E-state index contributed by atoms with van der Waals surface area (Å²) in [5, 5.41) is 3.30. The minimum absolute atomic E-state index is 0.0608. The van der Waals surface area contributed by atoms with E-state index in [1.165, 1.54) is 0 Å². The molecule has 4 rings (SSSR count). The van der Waals surface area contributed by atoms with Crippen molar-refractivity contribution in [3.63, 3.8) is 0 Å². The van der Waals surface area contributed by atoms with Gasteiger partial charge in [-0.2, -0.15) is 0 Å². The second-order valence-electron chi connectivity index (χ2n) is 7.81. The Balaban J connectivity index is 1.56. The lowest BCUT2D eigenvalue weighted by Gasteiger charge is -2.32. The average molecular weight is 403 g/mol. The second-order valence-corrected chi connectivity index (χ2v) is 7.81. The third-order valence-corrected chi connectivity index (χ3v) is 5.27. The molecule has 0 saturated carbocycles. The van der Waals surface area contributed by atoms with E-state index in [9.17, 15) is 4.79 Å². The van der Waals surface area contributed by atoms with Crippen molar-refractivity contribution in [3.8, 4) is 11.3 Å². The lowest BCUT2D eigenvalue weighted by atomic mass is 9.89. The summed E-state index contributed by atoms with van der Waals surface area (Å²) in [6, 6.07) is 9.65. The number of amides is 1. The molecule has 4 heterocycles. The van der Waals surface area contributed by atoms with E-state index in [0.29, 0.717) is 24.6 Å². The van der Waals surface area contributed by atoms with Crippen LogP contribution in [0.4, 0.5) is 5.95 Å². The summed E-state index contributed by atoms with van der Waals surface area (Å²) in [4.78, 5) is 32.5. The number of nitrogens with one attached hydrogen (secondary N) is 1. The highest BCUT2D eigenvalue weighted by Gasteiger charge is 2.28. The fourth-order valence-corrected chi connectivity index (χ4v) is 3.79. The van der Waals surface area contributed by atoms with E-state index in [4.69, 9.17) is 4.98 Å². The summed E-state index contributed by atoms with van der Waals surface area (Å²) in [6.45, 7) is 5.53. The predicted molar refractivity (Wildman–Crippen MR) is 116 cm³/mol. The maximum Gasteiger partial charge on any atom is 0.253 e. The average Bonchev–Trinajstić information content (AvgIpc) is 2.79. The van der Waals surface area contributed by atoms with Crippen LogP contribution >= 0.6 is 0 Å². The van der Waals surface area contributed by atoms with Crippen molar-refractivity contribution in [2.24, 2.45) is 0 Å². The van der Waals surface area contributed by atoms with Crippen LogP contribution in [0.25, 0.3) is 11.3 Å². The number of piperidine rings is 1. The Morgan fingerprint density at radius 1 is 1.07 bits per heavy atom. The number of carbonyl (C=O) groups excluding carboxylic acids is 1. The van der Waals surface area contributed by atoms with Crippen LogP contribution in [-0.4, -0.2) is 49.9 Å². The highest BCUT2D eigenvalue weighted by atomic mass is 16.2. The Morgan fingerprint density at radius 3 is 2.50 bits per heavy atom. The molecule has 0 unspecified atom stereocenters. The molecule has 30 heavy (non-hydrogen) atoms. The summed E-state index contributed by atoms with van der Waals surface area (Å²) in [7, 11) is 0. The molecule has 1 N–H and O–H groups in total. The molecule has 1 saturated heterocycles. The van der Waals surface area contributed by atoms with Crippen LogP contribution < -0.4 is 5.32 Å². The van der Waals surface area contributed by atoms with Crippen LogP contribution in [-0.2, 0) is 0 Å². The van der Waals surface area contributed by atoms with Crippen LogP contribution in [0.2, 0.25) is 0 Å². The van der Waals surface area contributed by atoms with Crippen LogP contribution in [0.5, 0.6) is 0 Å². The number of rotatable bonds is 5. The third-order valence-electron chi connectivity index (χ3n) is 5.27. The fourth-order valence-electron chi connectivity index (χ4n) is 3.79. The Labute approximate surface area is 176 Å². The number of aromatic nitrogens is 4. The molecule has 0 aliphatic carbocycles. The van der Waals surface area contributed by atoms with Gasteiger partial charge in [0, 0.05) is 61.0 Å². The molecule has 1 amide bonds. The lowest BCUT2D eigenvalue weighted by molar-refractivity contribution is 0.0712.